The molecule has 1 aliphatic heterocycles. The summed E-state index contributed by atoms with van der Waals surface area (Å²) in [5, 5.41) is 6.57. The summed E-state index contributed by atoms with van der Waals surface area (Å²) in [5.41, 5.74) is -0.558. The van der Waals surface area contributed by atoms with Gasteiger partial charge in [-0.05, 0) is 19.8 Å². The maximum atomic E-state index is 12.7. The molecule has 0 radical (unpaired) electrons. The van der Waals surface area contributed by atoms with E-state index in [1.165, 1.54) is 6.20 Å². The normalized spacial score (nSPS) is 16.1. The first kappa shape index (κ1) is 17.2. The first-order valence-corrected chi connectivity index (χ1v) is 7.71. The fraction of sp³-hybridized carbons (Fsp3) is 0.467. The van der Waals surface area contributed by atoms with E-state index in [1.54, 1.807) is 11.8 Å². The van der Waals surface area contributed by atoms with Crippen LogP contribution in [0.3, 0.4) is 0 Å². The number of alkyl halides is 3. The summed E-state index contributed by atoms with van der Waals surface area (Å²) in [6.45, 7) is 2.64. The molecule has 0 saturated carbocycles. The number of hydrogen-bond acceptors (Lipinski definition) is 6. The van der Waals surface area contributed by atoms with Crippen LogP contribution in [0.25, 0.3) is 0 Å². The summed E-state index contributed by atoms with van der Waals surface area (Å²) in [4.78, 5) is 21.1. The molecule has 0 aliphatic carbocycles. The Labute approximate surface area is 141 Å². The van der Waals surface area contributed by atoms with Crippen molar-refractivity contribution in [2.45, 2.75) is 32.0 Å². The zero-order valence-electron chi connectivity index (χ0n) is 13.4. The molecule has 0 spiro atoms. The van der Waals surface area contributed by atoms with E-state index in [0.717, 1.165) is 12.4 Å². The molecular formula is C15H16F3N5O2. The lowest BCUT2D eigenvalue weighted by molar-refractivity contribution is -0.141. The molecule has 0 aromatic carbocycles. The number of nitrogens with one attached hydrogen (secondary N) is 1. The SMILES string of the molecule is Cc1oncc1C(=O)N1CCC(Nc2cc(C(F)(F)F)ncn2)CC1. The van der Waals surface area contributed by atoms with E-state index in [4.69, 9.17) is 4.52 Å². The van der Waals surface area contributed by atoms with Gasteiger partial charge in [-0.15, -0.1) is 0 Å². The zero-order chi connectivity index (χ0) is 18.0. The molecule has 7 nitrogen and oxygen atoms in total. The second-order valence-corrected chi connectivity index (χ2v) is 5.79. The van der Waals surface area contributed by atoms with Gasteiger partial charge >= 0.3 is 6.18 Å². The van der Waals surface area contributed by atoms with Gasteiger partial charge in [-0.1, -0.05) is 5.16 Å². The molecule has 0 unspecified atom stereocenters. The van der Waals surface area contributed by atoms with Crippen LogP contribution in [0.1, 0.15) is 34.7 Å². The Hall–Kier alpha value is -2.65. The predicted molar refractivity (Wildman–Crippen MR) is 80.8 cm³/mol. The summed E-state index contributed by atoms with van der Waals surface area (Å²) < 4.78 is 42.9. The van der Waals surface area contributed by atoms with Crippen molar-refractivity contribution in [3.63, 3.8) is 0 Å². The maximum Gasteiger partial charge on any atom is 0.433 e. The number of piperidine rings is 1. The van der Waals surface area contributed by atoms with Crippen LogP contribution in [0, 0.1) is 6.92 Å². The van der Waals surface area contributed by atoms with Gasteiger partial charge in [-0.3, -0.25) is 4.79 Å². The highest BCUT2D eigenvalue weighted by Gasteiger charge is 2.33. The molecule has 10 heteroatoms. The number of aryl methyl sites for hydroxylation is 1. The Morgan fingerprint density at radius 1 is 1.32 bits per heavy atom. The van der Waals surface area contributed by atoms with E-state index in [-0.39, 0.29) is 17.8 Å². The quantitative estimate of drug-likeness (QED) is 0.911. The number of carbonyl (C=O) groups excluding carboxylic acids is 1. The molecule has 3 heterocycles. The van der Waals surface area contributed by atoms with Crippen molar-refractivity contribution < 1.29 is 22.5 Å². The van der Waals surface area contributed by atoms with E-state index < -0.39 is 11.9 Å². The zero-order valence-corrected chi connectivity index (χ0v) is 13.4. The lowest BCUT2D eigenvalue weighted by Gasteiger charge is -2.32. The minimum Gasteiger partial charge on any atom is -0.367 e. The van der Waals surface area contributed by atoms with Crippen molar-refractivity contribution in [3.8, 4) is 0 Å². The molecule has 1 amide bonds. The van der Waals surface area contributed by atoms with Gasteiger partial charge in [-0.25, -0.2) is 9.97 Å². The van der Waals surface area contributed by atoms with Gasteiger partial charge in [0.1, 0.15) is 29.2 Å². The third-order valence-corrected chi connectivity index (χ3v) is 4.07. The van der Waals surface area contributed by atoms with Crippen molar-refractivity contribution in [2.75, 3.05) is 18.4 Å². The van der Waals surface area contributed by atoms with Gasteiger partial charge in [0.15, 0.2) is 0 Å². The number of nitrogens with zero attached hydrogens (tertiary/aromatic N) is 4. The lowest BCUT2D eigenvalue weighted by Crippen LogP contribution is -2.42. The van der Waals surface area contributed by atoms with Gasteiger partial charge in [-0.2, -0.15) is 13.2 Å². The van der Waals surface area contributed by atoms with Crippen molar-refractivity contribution in [1.82, 2.24) is 20.0 Å². The number of halogens is 3. The molecule has 1 aliphatic rings. The van der Waals surface area contributed by atoms with E-state index in [1.807, 2.05) is 0 Å². The van der Waals surface area contributed by atoms with Gasteiger partial charge in [0.05, 0.1) is 6.20 Å². The van der Waals surface area contributed by atoms with E-state index in [0.29, 0.717) is 37.3 Å². The number of amides is 1. The topological polar surface area (TPSA) is 84.2 Å². The second kappa shape index (κ2) is 6.69. The number of hydrogen-bond donors (Lipinski definition) is 1. The monoisotopic (exact) mass is 355 g/mol. The summed E-state index contributed by atoms with van der Waals surface area (Å²) >= 11 is 0. The van der Waals surface area contributed by atoms with Crippen LogP contribution >= 0.6 is 0 Å². The summed E-state index contributed by atoms with van der Waals surface area (Å²) in [6.07, 6.45) is -1.03. The molecule has 2 aromatic rings. The van der Waals surface area contributed by atoms with Crippen LogP contribution in [-0.2, 0) is 6.18 Å². The highest BCUT2D eigenvalue weighted by molar-refractivity contribution is 5.94. The maximum absolute atomic E-state index is 12.7. The Morgan fingerprint density at radius 2 is 2.04 bits per heavy atom. The first-order chi connectivity index (χ1) is 11.8. The Kier molecular flexibility index (Phi) is 4.60. The van der Waals surface area contributed by atoms with E-state index >= 15 is 0 Å². The standard InChI is InChI=1S/C15H16F3N5O2/c1-9-11(7-21-25-9)14(24)23-4-2-10(3-5-23)22-13-6-12(15(16,17)18)19-8-20-13/h6-8,10H,2-5H2,1H3,(H,19,20,22). The molecule has 1 fully saturated rings. The Morgan fingerprint density at radius 3 is 2.64 bits per heavy atom. The van der Waals surface area contributed by atoms with Crippen molar-refractivity contribution in [1.29, 1.82) is 0 Å². The highest BCUT2D eigenvalue weighted by Crippen LogP contribution is 2.28. The predicted octanol–water partition coefficient (Wildman–Crippen LogP) is 2.51. The average Bonchev–Trinajstić information content (AvgIpc) is 3.00. The number of aromatic nitrogens is 3. The van der Waals surface area contributed by atoms with E-state index in [9.17, 15) is 18.0 Å². The molecule has 0 bridgehead atoms. The number of likely N-dealkylation sites (tertiary alicyclic amines) is 1. The van der Waals surface area contributed by atoms with Gasteiger partial charge in [0, 0.05) is 25.2 Å². The van der Waals surface area contributed by atoms with Gasteiger partial charge in [0.25, 0.3) is 5.91 Å². The third-order valence-electron chi connectivity index (χ3n) is 4.07. The summed E-state index contributed by atoms with van der Waals surface area (Å²) in [6, 6.07) is 0.821. The Balaban J connectivity index is 1.58. The van der Waals surface area contributed by atoms with Crippen LogP contribution < -0.4 is 5.32 Å². The molecule has 0 atom stereocenters. The smallest absolute Gasteiger partial charge is 0.367 e. The van der Waals surface area contributed by atoms with Crippen molar-refractivity contribution >= 4 is 11.7 Å². The fourth-order valence-corrected chi connectivity index (χ4v) is 2.70. The largest absolute Gasteiger partial charge is 0.433 e. The van der Waals surface area contributed by atoms with Crippen LogP contribution in [0.4, 0.5) is 19.0 Å². The van der Waals surface area contributed by atoms with Crippen molar-refractivity contribution in [2.24, 2.45) is 0 Å². The highest BCUT2D eigenvalue weighted by atomic mass is 19.4. The number of carbonyl (C=O) groups is 1. The van der Waals surface area contributed by atoms with Crippen LogP contribution in [-0.4, -0.2) is 45.1 Å². The van der Waals surface area contributed by atoms with Gasteiger partial charge < -0.3 is 14.7 Å². The third kappa shape index (κ3) is 3.89. The minimum atomic E-state index is -4.51. The molecule has 1 saturated heterocycles. The second-order valence-electron chi connectivity index (χ2n) is 5.79. The summed E-state index contributed by atoms with van der Waals surface area (Å²) in [5.74, 6) is 0.437. The molecule has 1 N–H and O–H groups in total. The van der Waals surface area contributed by atoms with Crippen molar-refractivity contribution in [3.05, 3.63) is 35.6 Å². The fourth-order valence-electron chi connectivity index (χ4n) is 2.70. The van der Waals surface area contributed by atoms with E-state index in [2.05, 4.69) is 20.4 Å². The lowest BCUT2D eigenvalue weighted by atomic mass is 10.0. The first-order valence-electron chi connectivity index (χ1n) is 7.71. The molecule has 134 valence electrons. The van der Waals surface area contributed by atoms with Gasteiger partial charge in [0.2, 0.25) is 0 Å². The molecule has 2 aromatic heterocycles. The molecule has 25 heavy (non-hydrogen) atoms. The summed E-state index contributed by atoms with van der Waals surface area (Å²) in [7, 11) is 0. The molecular weight excluding hydrogens is 339 g/mol. The Bertz CT molecular complexity index is 754. The van der Waals surface area contributed by atoms with Crippen LogP contribution in [0.15, 0.2) is 23.1 Å². The minimum absolute atomic E-state index is 0.0661. The molecule has 3 rings (SSSR count). The number of rotatable bonds is 3. The average molecular weight is 355 g/mol. The van der Waals surface area contributed by atoms with Crippen LogP contribution in [0.5, 0.6) is 0 Å². The van der Waals surface area contributed by atoms with Crippen LogP contribution in [0.2, 0.25) is 0 Å². The number of anilines is 1.